The Kier molecular flexibility index (Phi) is 3.94. The van der Waals surface area contributed by atoms with Crippen molar-refractivity contribution >= 4 is 5.91 Å². The van der Waals surface area contributed by atoms with E-state index in [2.05, 4.69) is 10.3 Å². The quantitative estimate of drug-likeness (QED) is 0.869. The maximum atomic E-state index is 12.9. The molecule has 0 unspecified atom stereocenters. The van der Waals surface area contributed by atoms with E-state index in [1.54, 1.807) is 23.0 Å². The molecular formula is C15H17FN4O. The lowest BCUT2D eigenvalue weighted by Crippen LogP contribution is -2.35. The van der Waals surface area contributed by atoms with Crippen molar-refractivity contribution in [3.05, 3.63) is 47.5 Å². The molecule has 0 atom stereocenters. The van der Waals surface area contributed by atoms with Gasteiger partial charge in [-0.3, -0.25) is 4.79 Å². The zero-order valence-electron chi connectivity index (χ0n) is 11.7. The zero-order valence-corrected chi connectivity index (χ0v) is 11.7. The second-order valence-electron chi connectivity index (χ2n) is 5.28. The highest BCUT2D eigenvalue weighted by Crippen LogP contribution is 2.12. The van der Waals surface area contributed by atoms with E-state index >= 15 is 0 Å². The van der Waals surface area contributed by atoms with E-state index in [0.29, 0.717) is 12.2 Å². The van der Waals surface area contributed by atoms with E-state index in [0.717, 1.165) is 31.5 Å². The molecule has 0 aliphatic carbocycles. The summed E-state index contributed by atoms with van der Waals surface area (Å²) < 4.78 is 14.5. The van der Waals surface area contributed by atoms with Gasteiger partial charge in [0, 0.05) is 13.1 Å². The first kappa shape index (κ1) is 13.7. The molecule has 3 rings (SSSR count). The number of rotatable bonds is 3. The summed E-state index contributed by atoms with van der Waals surface area (Å²) in [5.41, 5.74) is 1.29. The summed E-state index contributed by atoms with van der Waals surface area (Å²) in [6, 6.07) is 6.21. The van der Waals surface area contributed by atoms with Crippen molar-refractivity contribution in [2.24, 2.45) is 0 Å². The van der Waals surface area contributed by atoms with Gasteiger partial charge in [-0.05, 0) is 37.0 Å². The van der Waals surface area contributed by atoms with E-state index in [1.165, 1.54) is 18.6 Å². The Morgan fingerprint density at radius 3 is 2.57 bits per heavy atom. The van der Waals surface area contributed by atoms with Crippen molar-refractivity contribution in [1.29, 1.82) is 0 Å². The molecule has 0 radical (unpaired) electrons. The number of amides is 1. The van der Waals surface area contributed by atoms with Gasteiger partial charge in [-0.15, -0.1) is 5.10 Å². The monoisotopic (exact) mass is 288 g/mol. The maximum Gasteiger partial charge on any atom is 0.276 e. The lowest BCUT2D eigenvalue weighted by atomic mass is 10.1. The lowest BCUT2D eigenvalue weighted by Gasteiger charge is -2.25. The Morgan fingerprint density at radius 2 is 1.86 bits per heavy atom. The maximum absolute atomic E-state index is 12.9. The lowest BCUT2D eigenvalue weighted by molar-refractivity contribution is 0.0718. The van der Waals surface area contributed by atoms with E-state index in [9.17, 15) is 9.18 Å². The molecule has 0 saturated carbocycles. The Hall–Kier alpha value is -2.24. The topological polar surface area (TPSA) is 51.0 Å². The van der Waals surface area contributed by atoms with Gasteiger partial charge in [0.05, 0.1) is 12.7 Å². The van der Waals surface area contributed by atoms with Gasteiger partial charge in [0.2, 0.25) is 0 Å². The number of likely N-dealkylation sites (tertiary alicyclic amines) is 1. The van der Waals surface area contributed by atoms with Crippen LogP contribution in [0, 0.1) is 5.82 Å². The number of carbonyl (C=O) groups is 1. The molecule has 1 aliphatic heterocycles. The van der Waals surface area contributed by atoms with Gasteiger partial charge in [-0.1, -0.05) is 17.3 Å². The molecule has 2 heterocycles. The number of halogens is 1. The molecule has 5 nitrogen and oxygen atoms in total. The second-order valence-corrected chi connectivity index (χ2v) is 5.28. The third kappa shape index (κ3) is 3.26. The fourth-order valence-electron chi connectivity index (χ4n) is 2.51. The van der Waals surface area contributed by atoms with E-state index in [1.807, 2.05) is 4.90 Å². The standard InChI is InChI=1S/C15H17FN4O/c16-13-6-4-12(5-7-13)10-20-11-14(17-18-20)15(21)19-8-2-1-3-9-19/h4-7,11H,1-3,8-10H2. The predicted octanol–water partition coefficient (Wildman–Crippen LogP) is 2.09. The van der Waals surface area contributed by atoms with Crippen LogP contribution in [0.5, 0.6) is 0 Å². The van der Waals surface area contributed by atoms with Crippen LogP contribution in [0.4, 0.5) is 4.39 Å². The highest BCUT2D eigenvalue weighted by molar-refractivity contribution is 5.91. The number of hydrogen-bond donors (Lipinski definition) is 0. The van der Waals surface area contributed by atoms with Gasteiger partial charge in [0.1, 0.15) is 5.82 Å². The molecule has 0 N–H and O–H groups in total. The van der Waals surface area contributed by atoms with Crippen LogP contribution < -0.4 is 0 Å². The van der Waals surface area contributed by atoms with Crippen LogP contribution in [0.25, 0.3) is 0 Å². The van der Waals surface area contributed by atoms with Crippen molar-refractivity contribution in [3.8, 4) is 0 Å². The minimum absolute atomic E-state index is 0.0555. The van der Waals surface area contributed by atoms with Crippen molar-refractivity contribution < 1.29 is 9.18 Å². The van der Waals surface area contributed by atoms with Gasteiger partial charge in [-0.25, -0.2) is 9.07 Å². The molecule has 0 spiro atoms. The Labute approximate surface area is 122 Å². The largest absolute Gasteiger partial charge is 0.337 e. The highest BCUT2D eigenvalue weighted by atomic mass is 19.1. The number of piperidine rings is 1. The molecule has 21 heavy (non-hydrogen) atoms. The number of hydrogen-bond acceptors (Lipinski definition) is 3. The fourth-order valence-corrected chi connectivity index (χ4v) is 2.51. The molecular weight excluding hydrogens is 271 g/mol. The van der Waals surface area contributed by atoms with Gasteiger partial charge >= 0.3 is 0 Å². The normalized spacial score (nSPS) is 15.2. The van der Waals surface area contributed by atoms with Crippen LogP contribution in [0.2, 0.25) is 0 Å². The predicted molar refractivity (Wildman–Crippen MR) is 75.3 cm³/mol. The van der Waals surface area contributed by atoms with Crippen LogP contribution in [0.15, 0.2) is 30.5 Å². The summed E-state index contributed by atoms with van der Waals surface area (Å²) in [5.74, 6) is -0.321. The van der Waals surface area contributed by atoms with Gasteiger partial charge in [0.15, 0.2) is 5.69 Å². The summed E-state index contributed by atoms with van der Waals surface area (Å²) in [6.07, 6.45) is 4.94. The molecule has 1 fully saturated rings. The minimum Gasteiger partial charge on any atom is -0.337 e. The van der Waals surface area contributed by atoms with Crippen LogP contribution in [0.1, 0.15) is 35.3 Å². The van der Waals surface area contributed by atoms with Crippen LogP contribution >= 0.6 is 0 Å². The van der Waals surface area contributed by atoms with E-state index in [-0.39, 0.29) is 11.7 Å². The first-order valence-corrected chi connectivity index (χ1v) is 7.16. The average molecular weight is 288 g/mol. The summed E-state index contributed by atoms with van der Waals surface area (Å²) in [4.78, 5) is 14.1. The Bertz CT molecular complexity index is 617. The van der Waals surface area contributed by atoms with Crippen LogP contribution in [-0.2, 0) is 6.54 Å². The summed E-state index contributed by atoms with van der Waals surface area (Å²) in [6.45, 7) is 2.06. The molecule has 1 amide bonds. The smallest absolute Gasteiger partial charge is 0.276 e. The molecule has 1 aliphatic rings. The molecule has 2 aromatic rings. The van der Waals surface area contributed by atoms with E-state index in [4.69, 9.17) is 0 Å². The first-order valence-electron chi connectivity index (χ1n) is 7.16. The van der Waals surface area contributed by atoms with Gasteiger partial charge in [0.25, 0.3) is 5.91 Å². The van der Waals surface area contributed by atoms with Crippen molar-refractivity contribution in [2.45, 2.75) is 25.8 Å². The highest BCUT2D eigenvalue weighted by Gasteiger charge is 2.20. The van der Waals surface area contributed by atoms with Crippen LogP contribution in [-0.4, -0.2) is 38.9 Å². The SMILES string of the molecule is O=C(c1cn(Cc2ccc(F)cc2)nn1)N1CCCCC1. The molecule has 1 aromatic carbocycles. The molecule has 1 aromatic heterocycles. The third-order valence-corrected chi connectivity index (χ3v) is 3.66. The first-order chi connectivity index (χ1) is 10.2. The van der Waals surface area contributed by atoms with Crippen molar-refractivity contribution in [2.75, 3.05) is 13.1 Å². The summed E-state index contributed by atoms with van der Waals surface area (Å²) >= 11 is 0. The summed E-state index contributed by atoms with van der Waals surface area (Å²) in [5, 5.41) is 7.93. The zero-order chi connectivity index (χ0) is 14.7. The molecule has 0 bridgehead atoms. The van der Waals surface area contributed by atoms with Crippen LogP contribution in [0.3, 0.4) is 0 Å². The minimum atomic E-state index is -0.265. The molecule has 1 saturated heterocycles. The second kappa shape index (κ2) is 6.03. The third-order valence-electron chi connectivity index (χ3n) is 3.66. The van der Waals surface area contributed by atoms with Crippen molar-refractivity contribution in [1.82, 2.24) is 19.9 Å². The Balaban J connectivity index is 1.68. The van der Waals surface area contributed by atoms with E-state index < -0.39 is 0 Å². The fraction of sp³-hybridized carbons (Fsp3) is 0.400. The number of carbonyl (C=O) groups excluding carboxylic acids is 1. The molecule has 6 heteroatoms. The van der Waals surface area contributed by atoms with Crippen molar-refractivity contribution in [3.63, 3.8) is 0 Å². The molecule has 110 valence electrons. The summed E-state index contributed by atoms with van der Waals surface area (Å²) in [7, 11) is 0. The average Bonchev–Trinajstić information content (AvgIpc) is 2.98. The Morgan fingerprint density at radius 1 is 1.14 bits per heavy atom. The van der Waals surface area contributed by atoms with Gasteiger partial charge in [-0.2, -0.15) is 0 Å². The van der Waals surface area contributed by atoms with Gasteiger partial charge < -0.3 is 4.90 Å². The number of benzene rings is 1. The number of aromatic nitrogens is 3. The number of nitrogens with zero attached hydrogens (tertiary/aromatic N) is 4.